The number of primary amides is 1. The van der Waals surface area contributed by atoms with Crippen molar-refractivity contribution in [1.29, 1.82) is 0 Å². The molecule has 31 heavy (non-hydrogen) atoms. The van der Waals surface area contributed by atoms with Crippen molar-refractivity contribution >= 4 is 22.0 Å². The summed E-state index contributed by atoms with van der Waals surface area (Å²) in [6.45, 7) is 3.10. The van der Waals surface area contributed by atoms with Gasteiger partial charge in [0, 0.05) is 32.4 Å². The SMILES string of the molecule is C[C@@H](C(N)=O)N(C(=O)[C@H](Cc1ccccc1)NS(=O)(=O)N1CCNCC1)n1cccn1. The van der Waals surface area contributed by atoms with Crippen molar-refractivity contribution in [2.75, 3.05) is 31.2 Å². The van der Waals surface area contributed by atoms with Gasteiger partial charge in [-0.15, -0.1) is 0 Å². The molecule has 2 amide bonds. The molecule has 4 N–H and O–H groups in total. The fourth-order valence-corrected chi connectivity index (χ4v) is 4.66. The molecule has 0 aliphatic carbocycles. The van der Waals surface area contributed by atoms with Crippen molar-refractivity contribution in [3.63, 3.8) is 0 Å². The van der Waals surface area contributed by atoms with Gasteiger partial charge in [0.05, 0.1) is 6.20 Å². The van der Waals surface area contributed by atoms with E-state index in [1.807, 2.05) is 6.07 Å². The number of piperazine rings is 1. The van der Waals surface area contributed by atoms with Gasteiger partial charge in [-0.05, 0) is 25.0 Å². The second-order valence-corrected chi connectivity index (χ2v) is 8.90. The van der Waals surface area contributed by atoms with Crippen LogP contribution >= 0.6 is 0 Å². The van der Waals surface area contributed by atoms with Crippen LogP contribution in [0.4, 0.5) is 0 Å². The van der Waals surface area contributed by atoms with Crippen LogP contribution in [-0.2, 0) is 26.2 Å². The van der Waals surface area contributed by atoms with E-state index in [1.54, 1.807) is 30.3 Å². The fraction of sp³-hybridized carbons (Fsp3) is 0.421. The summed E-state index contributed by atoms with van der Waals surface area (Å²) in [5, 5.41) is 8.20. The monoisotopic (exact) mass is 449 g/mol. The number of nitrogens with one attached hydrogen (secondary N) is 2. The van der Waals surface area contributed by atoms with Crippen LogP contribution < -0.4 is 20.8 Å². The van der Waals surface area contributed by atoms with Gasteiger partial charge in [0.25, 0.3) is 16.1 Å². The Morgan fingerprint density at radius 2 is 1.90 bits per heavy atom. The lowest BCUT2D eigenvalue weighted by Gasteiger charge is -2.32. The van der Waals surface area contributed by atoms with E-state index < -0.39 is 34.1 Å². The lowest BCUT2D eigenvalue weighted by atomic mass is 10.1. The van der Waals surface area contributed by atoms with E-state index >= 15 is 0 Å². The predicted molar refractivity (Wildman–Crippen MR) is 115 cm³/mol. The smallest absolute Gasteiger partial charge is 0.280 e. The summed E-state index contributed by atoms with van der Waals surface area (Å²) in [7, 11) is -3.95. The zero-order chi connectivity index (χ0) is 22.4. The van der Waals surface area contributed by atoms with Gasteiger partial charge in [0.1, 0.15) is 12.1 Å². The van der Waals surface area contributed by atoms with Crippen LogP contribution in [0, 0.1) is 0 Å². The molecule has 0 spiro atoms. The van der Waals surface area contributed by atoms with Gasteiger partial charge in [0.2, 0.25) is 5.91 Å². The molecule has 2 atom stereocenters. The molecule has 11 nitrogen and oxygen atoms in total. The molecule has 12 heteroatoms. The number of nitrogens with two attached hydrogens (primary N) is 1. The Balaban J connectivity index is 1.93. The van der Waals surface area contributed by atoms with Gasteiger partial charge in [-0.2, -0.15) is 27.3 Å². The average Bonchev–Trinajstić information content (AvgIpc) is 3.29. The minimum Gasteiger partial charge on any atom is -0.368 e. The Labute approximate surface area is 181 Å². The number of amides is 2. The zero-order valence-corrected chi connectivity index (χ0v) is 18.0. The molecule has 1 aliphatic heterocycles. The lowest BCUT2D eigenvalue weighted by molar-refractivity contribution is -0.127. The van der Waals surface area contributed by atoms with Crippen LogP contribution in [-0.4, -0.2) is 72.7 Å². The van der Waals surface area contributed by atoms with E-state index in [-0.39, 0.29) is 6.42 Å². The van der Waals surface area contributed by atoms with Crippen LogP contribution in [0.2, 0.25) is 0 Å². The van der Waals surface area contributed by atoms with Crippen molar-refractivity contribution < 1.29 is 18.0 Å². The third kappa shape index (κ3) is 5.67. The van der Waals surface area contributed by atoms with E-state index in [0.29, 0.717) is 26.2 Å². The summed E-state index contributed by atoms with van der Waals surface area (Å²) in [6, 6.07) is 8.41. The molecule has 0 radical (unpaired) electrons. The van der Waals surface area contributed by atoms with E-state index in [2.05, 4.69) is 15.1 Å². The lowest BCUT2D eigenvalue weighted by Crippen LogP contribution is -2.61. The van der Waals surface area contributed by atoms with Crippen LogP contribution in [0.1, 0.15) is 12.5 Å². The maximum absolute atomic E-state index is 13.6. The maximum Gasteiger partial charge on any atom is 0.280 e. The summed E-state index contributed by atoms with van der Waals surface area (Å²) in [5.74, 6) is -1.38. The Bertz CT molecular complexity index is 976. The van der Waals surface area contributed by atoms with Crippen LogP contribution in [0.5, 0.6) is 0 Å². The van der Waals surface area contributed by atoms with Crippen LogP contribution in [0.15, 0.2) is 48.8 Å². The molecule has 1 aliphatic rings. The highest BCUT2D eigenvalue weighted by atomic mass is 32.2. The van der Waals surface area contributed by atoms with E-state index in [0.717, 1.165) is 10.6 Å². The van der Waals surface area contributed by atoms with Crippen molar-refractivity contribution in [2.45, 2.75) is 25.4 Å². The molecule has 1 fully saturated rings. The number of carbonyl (C=O) groups excluding carboxylic acids is 2. The molecule has 2 aromatic rings. The number of aromatic nitrogens is 2. The minimum absolute atomic E-state index is 0.0915. The van der Waals surface area contributed by atoms with Crippen LogP contribution in [0.3, 0.4) is 0 Å². The molecule has 168 valence electrons. The summed E-state index contributed by atoms with van der Waals surface area (Å²) >= 11 is 0. The molecule has 0 saturated carbocycles. The average molecular weight is 450 g/mol. The van der Waals surface area contributed by atoms with Crippen molar-refractivity contribution in [2.24, 2.45) is 5.73 Å². The third-order valence-electron chi connectivity index (χ3n) is 5.00. The molecule has 1 saturated heterocycles. The summed E-state index contributed by atoms with van der Waals surface area (Å²) in [5.41, 5.74) is 6.21. The quantitative estimate of drug-likeness (QED) is 0.428. The first-order chi connectivity index (χ1) is 14.8. The predicted octanol–water partition coefficient (Wildman–Crippen LogP) is -1.43. The molecule has 3 rings (SSSR count). The topological polar surface area (TPSA) is 143 Å². The Morgan fingerprint density at radius 1 is 1.23 bits per heavy atom. The number of rotatable bonds is 9. The van der Waals surface area contributed by atoms with E-state index in [9.17, 15) is 18.0 Å². The molecular formula is C19H27N7O4S. The Kier molecular flexibility index (Phi) is 7.38. The van der Waals surface area contributed by atoms with E-state index in [1.165, 1.54) is 28.4 Å². The van der Waals surface area contributed by atoms with E-state index in [4.69, 9.17) is 5.73 Å². The highest BCUT2D eigenvalue weighted by Gasteiger charge is 2.36. The summed E-state index contributed by atoms with van der Waals surface area (Å²) < 4.78 is 29.8. The van der Waals surface area contributed by atoms with Gasteiger partial charge in [-0.1, -0.05) is 30.3 Å². The number of carbonyl (C=O) groups is 2. The Morgan fingerprint density at radius 3 is 2.48 bits per heavy atom. The summed E-state index contributed by atoms with van der Waals surface area (Å²) in [4.78, 5) is 26.6. The first kappa shape index (κ1) is 22.9. The highest BCUT2D eigenvalue weighted by molar-refractivity contribution is 7.87. The van der Waals surface area contributed by atoms with Gasteiger partial charge in [-0.3, -0.25) is 9.59 Å². The first-order valence-electron chi connectivity index (χ1n) is 9.94. The number of benzene rings is 1. The third-order valence-corrected chi connectivity index (χ3v) is 6.63. The van der Waals surface area contributed by atoms with Crippen molar-refractivity contribution in [1.82, 2.24) is 24.2 Å². The number of hydrogen-bond donors (Lipinski definition) is 3. The number of nitrogens with zero attached hydrogens (tertiary/aromatic N) is 4. The van der Waals surface area contributed by atoms with Crippen LogP contribution in [0.25, 0.3) is 0 Å². The second-order valence-electron chi connectivity index (χ2n) is 7.20. The van der Waals surface area contributed by atoms with Gasteiger partial charge >= 0.3 is 0 Å². The number of hydrogen-bond acceptors (Lipinski definition) is 6. The van der Waals surface area contributed by atoms with Gasteiger partial charge in [0.15, 0.2) is 0 Å². The molecular weight excluding hydrogens is 422 g/mol. The van der Waals surface area contributed by atoms with Gasteiger partial charge < -0.3 is 11.1 Å². The highest BCUT2D eigenvalue weighted by Crippen LogP contribution is 2.11. The zero-order valence-electron chi connectivity index (χ0n) is 17.2. The maximum atomic E-state index is 13.6. The standard InChI is InChI=1S/C19H27N7O4S/c1-15(18(20)27)26(25-11-5-8-22-25)19(28)17(14-16-6-3-2-4-7-16)23-31(29,30)24-12-9-21-10-13-24/h2-8,11,15,17,21,23H,9-10,12-14H2,1H3,(H2,20,27)/t15-,17-/m0/s1. The fourth-order valence-electron chi connectivity index (χ4n) is 3.31. The molecule has 2 heterocycles. The molecule has 1 aromatic carbocycles. The summed E-state index contributed by atoms with van der Waals surface area (Å²) in [6.07, 6.45) is 3.03. The Hall–Kier alpha value is -2.80. The second kappa shape index (κ2) is 10.0. The van der Waals surface area contributed by atoms with Crippen molar-refractivity contribution in [3.05, 3.63) is 54.4 Å². The normalized spacial score (nSPS) is 17.1. The molecule has 0 unspecified atom stereocenters. The molecule has 0 bridgehead atoms. The minimum atomic E-state index is -3.95. The van der Waals surface area contributed by atoms with Crippen molar-refractivity contribution in [3.8, 4) is 0 Å². The largest absolute Gasteiger partial charge is 0.368 e. The van der Waals surface area contributed by atoms with Gasteiger partial charge in [-0.25, -0.2) is 5.01 Å². The molecule has 1 aromatic heterocycles. The first-order valence-corrected chi connectivity index (χ1v) is 11.4.